The van der Waals surface area contributed by atoms with E-state index in [1.807, 2.05) is 25.7 Å². The summed E-state index contributed by atoms with van der Waals surface area (Å²) >= 11 is 0. The molecule has 4 heteroatoms. The predicted molar refractivity (Wildman–Crippen MR) is 69.3 cm³/mol. The largest absolute Gasteiger partial charge is 0.444 e. The van der Waals surface area contributed by atoms with Crippen LogP contribution >= 0.6 is 0 Å². The minimum atomic E-state index is -0.411. The topological polar surface area (TPSA) is 49.8 Å². The molecule has 0 spiro atoms. The van der Waals surface area contributed by atoms with Crippen LogP contribution in [0.4, 0.5) is 4.79 Å². The smallest absolute Gasteiger partial charge is 0.410 e. The molecule has 1 amide bonds. The summed E-state index contributed by atoms with van der Waals surface area (Å²) in [5, 5.41) is 9.33. The van der Waals surface area contributed by atoms with Crippen LogP contribution in [0.2, 0.25) is 0 Å². The maximum absolute atomic E-state index is 11.9. The van der Waals surface area contributed by atoms with Gasteiger partial charge in [0.05, 0.1) is 6.10 Å². The average molecular weight is 255 g/mol. The monoisotopic (exact) mass is 255 g/mol. The van der Waals surface area contributed by atoms with Crippen LogP contribution in [0.3, 0.4) is 0 Å². The van der Waals surface area contributed by atoms with Crippen molar-refractivity contribution in [2.24, 2.45) is 11.8 Å². The van der Waals surface area contributed by atoms with Gasteiger partial charge >= 0.3 is 6.09 Å². The first-order valence-corrected chi connectivity index (χ1v) is 7.01. The molecule has 0 radical (unpaired) electrons. The SMILES string of the molecule is CC(C)(C)OC(=O)N1CCC(C2CC(O)C2)CC1. The number of likely N-dealkylation sites (tertiary alicyclic amines) is 1. The molecule has 0 aromatic heterocycles. The fourth-order valence-electron chi connectivity index (χ4n) is 2.89. The quantitative estimate of drug-likeness (QED) is 0.782. The Morgan fingerprint density at radius 2 is 1.72 bits per heavy atom. The summed E-state index contributed by atoms with van der Waals surface area (Å²) in [5.74, 6) is 1.37. The molecule has 0 aromatic rings. The van der Waals surface area contributed by atoms with Gasteiger partial charge in [-0.05, 0) is 58.3 Å². The van der Waals surface area contributed by atoms with Gasteiger partial charge < -0.3 is 14.7 Å². The summed E-state index contributed by atoms with van der Waals surface area (Å²) in [5.41, 5.74) is -0.411. The second-order valence-electron chi connectivity index (χ2n) is 6.69. The lowest BCUT2D eigenvalue weighted by Crippen LogP contribution is -2.45. The lowest BCUT2D eigenvalue weighted by Gasteiger charge is -2.42. The van der Waals surface area contributed by atoms with Crippen LogP contribution in [0.15, 0.2) is 0 Å². The molecule has 1 N–H and O–H groups in total. The number of ether oxygens (including phenoxy) is 1. The van der Waals surface area contributed by atoms with E-state index in [2.05, 4.69) is 0 Å². The Morgan fingerprint density at radius 1 is 1.17 bits per heavy atom. The number of aliphatic hydroxyl groups excluding tert-OH is 1. The molecule has 104 valence electrons. The van der Waals surface area contributed by atoms with Gasteiger partial charge in [-0.25, -0.2) is 4.79 Å². The Morgan fingerprint density at radius 3 is 2.17 bits per heavy atom. The van der Waals surface area contributed by atoms with E-state index in [1.165, 1.54) is 0 Å². The highest BCUT2D eigenvalue weighted by molar-refractivity contribution is 5.68. The van der Waals surface area contributed by atoms with Crippen LogP contribution in [-0.2, 0) is 4.74 Å². The maximum atomic E-state index is 11.9. The molecule has 0 atom stereocenters. The van der Waals surface area contributed by atoms with E-state index in [0.29, 0.717) is 11.8 Å². The molecule has 4 nitrogen and oxygen atoms in total. The number of rotatable bonds is 1. The van der Waals surface area contributed by atoms with Crippen LogP contribution in [0, 0.1) is 11.8 Å². The number of nitrogens with zero attached hydrogens (tertiary/aromatic N) is 1. The molecule has 0 aromatic carbocycles. The summed E-state index contributed by atoms with van der Waals surface area (Å²) in [6.45, 7) is 7.28. The minimum absolute atomic E-state index is 0.0705. The van der Waals surface area contributed by atoms with E-state index < -0.39 is 5.60 Å². The van der Waals surface area contributed by atoms with Crippen molar-refractivity contribution in [3.05, 3.63) is 0 Å². The molecule has 1 aliphatic carbocycles. The van der Waals surface area contributed by atoms with E-state index in [0.717, 1.165) is 38.8 Å². The number of carbonyl (C=O) groups is 1. The number of hydrogen-bond donors (Lipinski definition) is 1. The first kappa shape index (κ1) is 13.7. The number of hydrogen-bond acceptors (Lipinski definition) is 3. The number of piperidine rings is 1. The van der Waals surface area contributed by atoms with Crippen molar-refractivity contribution in [2.75, 3.05) is 13.1 Å². The Bertz CT molecular complexity index is 297. The highest BCUT2D eigenvalue weighted by Crippen LogP contribution is 2.39. The molecule has 0 bridgehead atoms. The van der Waals surface area contributed by atoms with Crippen molar-refractivity contribution < 1.29 is 14.6 Å². The Balaban J connectivity index is 1.74. The van der Waals surface area contributed by atoms with Crippen molar-refractivity contribution in [1.82, 2.24) is 4.90 Å². The molecule has 1 saturated heterocycles. The van der Waals surface area contributed by atoms with Crippen LogP contribution in [0.5, 0.6) is 0 Å². The molecular formula is C14H25NO3. The van der Waals surface area contributed by atoms with Crippen molar-refractivity contribution in [1.29, 1.82) is 0 Å². The van der Waals surface area contributed by atoms with Crippen molar-refractivity contribution >= 4 is 6.09 Å². The Labute approximate surface area is 109 Å². The first-order chi connectivity index (χ1) is 8.35. The molecule has 1 saturated carbocycles. The highest BCUT2D eigenvalue weighted by atomic mass is 16.6. The average Bonchev–Trinajstić information content (AvgIpc) is 2.23. The Kier molecular flexibility index (Phi) is 3.85. The van der Waals surface area contributed by atoms with Crippen LogP contribution in [-0.4, -0.2) is 40.9 Å². The summed E-state index contributed by atoms with van der Waals surface area (Å²) < 4.78 is 5.38. The summed E-state index contributed by atoms with van der Waals surface area (Å²) in [6.07, 6.45) is 3.76. The zero-order valence-electron chi connectivity index (χ0n) is 11.7. The van der Waals surface area contributed by atoms with Crippen molar-refractivity contribution in [2.45, 2.75) is 58.2 Å². The van der Waals surface area contributed by atoms with Gasteiger partial charge in [-0.3, -0.25) is 0 Å². The first-order valence-electron chi connectivity index (χ1n) is 7.01. The predicted octanol–water partition coefficient (Wildman–Crippen LogP) is 2.40. The van der Waals surface area contributed by atoms with Gasteiger partial charge in [-0.2, -0.15) is 0 Å². The van der Waals surface area contributed by atoms with Crippen LogP contribution < -0.4 is 0 Å². The third-order valence-corrected chi connectivity index (χ3v) is 4.01. The number of aliphatic hydroxyl groups is 1. The minimum Gasteiger partial charge on any atom is -0.444 e. The summed E-state index contributed by atoms with van der Waals surface area (Å²) in [4.78, 5) is 13.7. The molecule has 1 aliphatic heterocycles. The zero-order valence-corrected chi connectivity index (χ0v) is 11.7. The van der Waals surface area contributed by atoms with Gasteiger partial charge in [0, 0.05) is 13.1 Å². The third kappa shape index (κ3) is 3.37. The van der Waals surface area contributed by atoms with Gasteiger partial charge in [0.25, 0.3) is 0 Å². The van der Waals surface area contributed by atoms with Crippen molar-refractivity contribution in [3.63, 3.8) is 0 Å². The molecule has 1 heterocycles. The third-order valence-electron chi connectivity index (χ3n) is 4.01. The van der Waals surface area contributed by atoms with E-state index in [9.17, 15) is 9.90 Å². The number of carbonyl (C=O) groups excluding carboxylic acids is 1. The molecule has 2 rings (SSSR count). The van der Waals surface area contributed by atoms with E-state index >= 15 is 0 Å². The summed E-state index contributed by atoms with van der Waals surface area (Å²) in [7, 11) is 0. The van der Waals surface area contributed by atoms with E-state index in [-0.39, 0.29) is 12.2 Å². The maximum Gasteiger partial charge on any atom is 0.410 e. The van der Waals surface area contributed by atoms with E-state index in [1.54, 1.807) is 0 Å². The normalized spacial score (nSPS) is 29.9. The fourth-order valence-corrected chi connectivity index (χ4v) is 2.89. The fraction of sp³-hybridized carbons (Fsp3) is 0.929. The van der Waals surface area contributed by atoms with Crippen LogP contribution in [0.25, 0.3) is 0 Å². The van der Waals surface area contributed by atoms with Gasteiger partial charge in [-0.1, -0.05) is 0 Å². The zero-order chi connectivity index (χ0) is 13.3. The molecule has 2 aliphatic rings. The lowest BCUT2D eigenvalue weighted by molar-refractivity contribution is -0.0130. The van der Waals surface area contributed by atoms with Gasteiger partial charge in [0.15, 0.2) is 0 Å². The Hall–Kier alpha value is -0.770. The molecule has 0 unspecified atom stereocenters. The molecule has 18 heavy (non-hydrogen) atoms. The van der Waals surface area contributed by atoms with Gasteiger partial charge in [0.1, 0.15) is 5.60 Å². The second kappa shape index (κ2) is 5.08. The number of amides is 1. The summed E-state index contributed by atoms with van der Waals surface area (Å²) in [6, 6.07) is 0. The van der Waals surface area contributed by atoms with E-state index in [4.69, 9.17) is 4.74 Å². The standard InChI is InChI=1S/C14H25NO3/c1-14(2,3)18-13(17)15-6-4-10(5-7-15)11-8-12(16)9-11/h10-12,16H,4-9H2,1-3H3. The van der Waals surface area contributed by atoms with Crippen LogP contribution in [0.1, 0.15) is 46.5 Å². The molecular weight excluding hydrogens is 230 g/mol. The van der Waals surface area contributed by atoms with Crippen molar-refractivity contribution in [3.8, 4) is 0 Å². The lowest BCUT2D eigenvalue weighted by atomic mass is 9.70. The molecule has 2 fully saturated rings. The second-order valence-corrected chi connectivity index (χ2v) is 6.69. The van der Waals surface area contributed by atoms with Gasteiger partial charge in [-0.15, -0.1) is 0 Å². The van der Waals surface area contributed by atoms with Gasteiger partial charge in [0.2, 0.25) is 0 Å². The highest BCUT2D eigenvalue weighted by Gasteiger charge is 2.36.